The number of amides is 2. The third-order valence-electron chi connectivity index (χ3n) is 5.39. The van der Waals surface area contributed by atoms with Gasteiger partial charge < -0.3 is 20.1 Å². The van der Waals surface area contributed by atoms with Gasteiger partial charge in [0.05, 0.1) is 11.9 Å². The maximum Gasteiger partial charge on any atom is 0.272 e. The van der Waals surface area contributed by atoms with Crippen LogP contribution in [-0.2, 0) is 11.2 Å². The van der Waals surface area contributed by atoms with Crippen molar-refractivity contribution in [1.29, 1.82) is 0 Å². The number of carbonyl (C=O) groups is 2. The summed E-state index contributed by atoms with van der Waals surface area (Å²) in [4.78, 5) is 35.2. The first-order chi connectivity index (χ1) is 14.1. The molecule has 1 aliphatic rings. The van der Waals surface area contributed by atoms with E-state index in [-0.39, 0.29) is 11.8 Å². The van der Waals surface area contributed by atoms with Gasteiger partial charge in [-0.15, -0.1) is 0 Å². The number of para-hydroxylation sites is 1. The minimum absolute atomic E-state index is 0.0540. The lowest BCUT2D eigenvalue weighted by Gasteiger charge is -2.34. The highest BCUT2D eigenvalue weighted by atomic mass is 16.2. The molecule has 0 bridgehead atoms. The molecule has 2 aromatic heterocycles. The molecule has 150 valence electrons. The molecule has 0 saturated carbocycles. The molecule has 2 N–H and O–H groups in total. The SMILES string of the molecule is CC(=O)N1CCN(C(=O)c2ccc(NCCc3c[nH]c4ccccc34)cn2)CC1. The Hall–Kier alpha value is -3.35. The number of anilines is 1. The zero-order valence-corrected chi connectivity index (χ0v) is 16.5. The van der Waals surface area contributed by atoms with E-state index >= 15 is 0 Å². The summed E-state index contributed by atoms with van der Waals surface area (Å²) in [6.45, 7) is 4.59. The molecule has 1 aliphatic heterocycles. The number of aromatic amines is 1. The smallest absolute Gasteiger partial charge is 0.272 e. The van der Waals surface area contributed by atoms with Crippen molar-refractivity contribution in [2.24, 2.45) is 0 Å². The average Bonchev–Trinajstić information content (AvgIpc) is 3.17. The van der Waals surface area contributed by atoms with Crippen molar-refractivity contribution in [3.05, 3.63) is 60.0 Å². The zero-order chi connectivity index (χ0) is 20.2. The van der Waals surface area contributed by atoms with Crippen molar-refractivity contribution >= 4 is 28.4 Å². The van der Waals surface area contributed by atoms with Crippen LogP contribution in [0.4, 0.5) is 5.69 Å². The summed E-state index contributed by atoms with van der Waals surface area (Å²) in [7, 11) is 0. The van der Waals surface area contributed by atoms with Crippen molar-refractivity contribution in [3.63, 3.8) is 0 Å². The van der Waals surface area contributed by atoms with Crippen LogP contribution in [0.25, 0.3) is 10.9 Å². The monoisotopic (exact) mass is 391 g/mol. The molecule has 0 aliphatic carbocycles. The molecule has 0 radical (unpaired) electrons. The second-order valence-electron chi connectivity index (χ2n) is 7.27. The van der Waals surface area contributed by atoms with Crippen LogP contribution in [0.1, 0.15) is 23.0 Å². The third-order valence-corrected chi connectivity index (χ3v) is 5.39. The highest BCUT2D eigenvalue weighted by molar-refractivity contribution is 5.92. The number of pyridine rings is 1. The number of hydrogen-bond acceptors (Lipinski definition) is 4. The maximum atomic E-state index is 12.6. The number of nitrogens with one attached hydrogen (secondary N) is 2. The van der Waals surface area contributed by atoms with Gasteiger partial charge in [0.25, 0.3) is 5.91 Å². The molecule has 1 fully saturated rings. The van der Waals surface area contributed by atoms with Gasteiger partial charge >= 0.3 is 0 Å². The minimum atomic E-state index is -0.0847. The summed E-state index contributed by atoms with van der Waals surface area (Å²) in [5, 5.41) is 4.61. The third kappa shape index (κ3) is 4.23. The van der Waals surface area contributed by atoms with E-state index in [1.807, 2.05) is 18.2 Å². The Kier molecular flexibility index (Phi) is 5.46. The van der Waals surface area contributed by atoms with Gasteiger partial charge in [-0.1, -0.05) is 18.2 Å². The molecule has 1 saturated heterocycles. The van der Waals surface area contributed by atoms with E-state index in [0.29, 0.717) is 31.9 Å². The number of carbonyl (C=O) groups excluding carboxylic acids is 2. The zero-order valence-electron chi connectivity index (χ0n) is 16.5. The Morgan fingerprint density at radius 1 is 1.07 bits per heavy atom. The van der Waals surface area contributed by atoms with Gasteiger partial charge in [0.15, 0.2) is 0 Å². The molecule has 2 amide bonds. The van der Waals surface area contributed by atoms with Crippen LogP contribution in [0.5, 0.6) is 0 Å². The van der Waals surface area contributed by atoms with Crippen LogP contribution >= 0.6 is 0 Å². The Labute approximate surface area is 169 Å². The Morgan fingerprint density at radius 3 is 2.55 bits per heavy atom. The number of benzene rings is 1. The molecule has 1 aromatic carbocycles. The first-order valence-corrected chi connectivity index (χ1v) is 9.91. The molecule has 0 atom stereocenters. The number of piperazine rings is 1. The topological polar surface area (TPSA) is 81.3 Å². The number of nitrogens with zero attached hydrogens (tertiary/aromatic N) is 3. The van der Waals surface area contributed by atoms with Crippen molar-refractivity contribution in [1.82, 2.24) is 19.8 Å². The Morgan fingerprint density at radius 2 is 1.83 bits per heavy atom. The van der Waals surface area contributed by atoms with Crippen molar-refractivity contribution in [2.45, 2.75) is 13.3 Å². The lowest BCUT2D eigenvalue weighted by atomic mass is 10.1. The van der Waals surface area contributed by atoms with E-state index < -0.39 is 0 Å². The molecular formula is C22H25N5O2. The molecule has 7 nitrogen and oxygen atoms in total. The maximum absolute atomic E-state index is 12.6. The van der Waals surface area contributed by atoms with Crippen molar-refractivity contribution in [3.8, 4) is 0 Å². The lowest BCUT2D eigenvalue weighted by Crippen LogP contribution is -2.50. The Balaban J connectivity index is 1.30. The van der Waals surface area contributed by atoms with Gasteiger partial charge in [0.1, 0.15) is 5.69 Å². The van der Waals surface area contributed by atoms with E-state index in [9.17, 15) is 9.59 Å². The molecule has 3 heterocycles. The predicted octanol–water partition coefficient (Wildman–Crippen LogP) is 2.52. The Bertz CT molecular complexity index is 1000. The average molecular weight is 391 g/mol. The standard InChI is InChI=1S/C22H25N5O2/c1-16(28)26-10-12-27(13-11-26)22(29)21-7-6-18(15-25-21)23-9-8-17-14-24-20-5-3-2-4-19(17)20/h2-7,14-15,23-24H,8-13H2,1H3. The molecule has 0 unspecified atom stereocenters. The van der Waals surface area contributed by atoms with E-state index in [1.54, 1.807) is 29.0 Å². The van der Waals surface area contributed by atoms with Crippen molar-refractivity contribution < 1.29 is 9.59 Å². The van der Waals surface area contributed by atoms with Crippen LogP contribution in [-0.4, -0.2) is 64.3 Å². The highest BCUT2D eigenvalue weighted by Gasteiger charge is 2.23. The molecule has 4 rings (SSSR count). The summed E-state index contributed by atoms with van der Waals surface area (Å²) in [5.74, 6) is -0.0307. The van der Waals surface area contributed by atoms with Crippen molar-refractivity contribution in [2.75, 3.05) is 38.0 Å². The van der Waals surface area contributed by atoms with Crippen LogP contribution in [0.3, 0.4) is 0 Å². The summed E-state index contributed by atoms with van der Waals surface area (Å²) >= 11 is 0. The van der Waals surface area contributed by atoms with Gasteiger partial charge in [-0.25, -0.2) is 4.98 Å². The molecule has 29 heavy (non-hydrogen) atoms. The normalized spacial score (nSPS) is 14.2. The predicted molar refractivity (Wildman–Crippen MR) is 113 cm³/mol. The van der Waals surface area contributed by atoms with Crippen LogP contribution in [0, 0.1) is 0 Å². The second-order valence-corrected chi connectivity index (χ2v) is 7.27. The largest absolute Gasteiger partial charge is 0.383 e. The number of hydrogen-bond donors (Lipinski definition) is 2. The second kappa shape index (κ2) is 8.34. The van der Waals surface area contributed by atoms with Gasteiger partial charge in [-0.05, 0) is 30.2 Å². The number of aromatic nitrogens is 2. The van der Waals surface area contributed by atoms with Gasteiger partial charge in [-0.3, -0.25) is 9.59 Å². The van der Waals surface area contributed by atoms with E-state index in [1.165, 1.54) is 10.9 Å². The molecular weight excluding hydrogens is 366 g/mol. The number of fused-ring (bicyclic) bond motifs is 1. The fourth-order valence-electron chi connectivity index (χ4n) is 3.69. The van der Waals surface area contributed by atoms with Gasteiger partial charge in [0, 0.05) is 56.7 Å². The molecule has 7 heteroatoms. The minimum Gasteiger partial charge on any atom is -0.383 e. The van der Waals surface area contributed by atoms with Crippen LogP contribution < -0.4 is 5.32 Å². The first-order valence-electron chi connectivity index (χ1n) is 9.91. The number of H-pyrrole nitrogens is 1. The van der Waals surface area contributed by atoms with E-state index in [2.05, 4.69) is 33.6 Å². The van der Waals surface area contributed by atoms with E-state index in [0.717, 1.165) is 24.2 Å². The quantitative estimate of drug-likeness (QED) is 0.700. The molecule has 3 aromatic rings. The van der Waals surface area contributed by atoms with Crippen LogP contribution in [0.2, 0.25) is 0 Å². The summed E-state index contributed by atoms with van der Waals surface area (Å²) in [6, 6.07) is 11.9. The summed E-state index contributed by atoms with van der Waals surface area (Å²) < 4.78 is 0. The number of rotatable bonds is 5. The van der Waals surface area contributed by atoms with Gasteiger partial charge in [-0.2, -0.15) is 0 Å². The fraction of sp³-hybridized carbons (Fsp3) is 0.318. The van der Waals surface area contributed by atoms with Gasteiger partial charge in [0.2, 0.25) is 5.91 Å². The summed E-state index contributed by atoms with van der Waals surface area (Å²) in [5.41, 5.74) is 3.75. The highest BCUT2D eigenvalue weighted by Crippen LogP contribution is 2.18. The fourth-order valence-corrected chi connectivity index (χ4v) is 3.69. The molecule has 0 spiro atoms. The summed E-state index contributed by atoms with van der Waals surface area (Å²) in [6.07, 6.45) is 4.65. The van der Waals surface area contributed by atoms with Crippen LogP contribution in [0.15, 0.2) is 48.8 Å². The lowest BCUT2D eigenvalue weighted by molar-refractivity contribution is -0.130. The van der Waals surface area contributed by atoms with E-state index in [4.69, 9.17) is 0 Å². The first kappa shape index (κ1) is 19.0.